The zero-order valence-electron chi connectivity index (χ0n) is 15.6. The SMILES string of the molecule is CCN(CC)S(=O)(=O)c1ccc(C(=O)Nc2n[nH]c(-c3ccccc3)n2)cc1. The minimum Gasteiger partial charge on any atom is -0.289 e. The van der Waals surface area contributed by atoms with Crippen LogP contribution in [0.5, 0.6) is 0 Å². The van der Waals surface area contributed by atoms with Crippen molar-refractivity contribution in [3.63, 3.8) is 0 Å². The number of aromatic nitrogens is 3. The van der Waals surface area contributed by atoms with Crippen molar-refractivity contribution in [2.45, 2.75) is 18.7 Å². The summed E-state index contributed by atoms with van der Waals surface area (Å²) in [7, 11) is -3.56. The van der Waals surface area contributed by atoms with Gasteiger partial charge in [0, 0.05) is 24.2 Å². The summed E-state index contributed by atoms with van der Waals surface area (Å²) in [6.07, 6.45) is 0. The Morgan fingerprint density at radius 1 is 1.04 bits per heavy atom. The number of H-pyrrole nitrogens is 1. The van der Waals surface area contributed by atoms with E-state index in [4.69, 9.17) is 0 Å². The lowest BCUT2D eigenvalue weighted by Crippen LogP contribution is -2.30. The van der Waals surface area contributed by atoms with Crippen LogP contribution in [-0.4, -0.2) is 46.9 Å². The molecular weight excluding hydrogens is 378 g/mol. The zero-order valence-corrected chi connectivity index (χ0v) is 16.4. The number of nitrogens with one attached hydrogen (secondary N) is 2. The van der Waals surface area contributed by atoms with Gasteiger partial charge in [0.05, 0.1) is 4.90 Å². The van der Waals surface area contributed by atoms with E-state index in [1.807, 2.05) is 30.3 Å². The molecule has 0 unspecified atom stereocenters. The summed E-state index contributed by atoms with van der Waals surface area (Å²) in [6, 6.07) is 15.2. The third-order valence-electron chi connectivity index (χ3n) is 4.22. The van der Waals surface area contributed by atoms with Crippen LogP contribution in [0.3, 0.4) is 0 Å². The first-order chi connectivity index (χ1) is 13.5. The van der Waals surface area contributed by atoms with Gasteiger partial charge in [-0.3, -0.25) is 15.2 Å². The minimum atomic E-state index is -3.56. The standard InChI is InChI=1S/C19H21N5O3S/c1-3-24(4-2)28(26,27)16-12-10-15(11-13-16)18(25)21-19-20-17(22-23-19)14-8-6-5-7-9-14/h5-13H,3-4H2,1-2H3,(H2,20,21,22,23,25). The quantitative estimate of drug-likeness (QED) is 0.635. The molecule has 0 bridgehead atoms. The van der Waals surface area contributed by atoms with Crippen molar-refractivity contribution in [3.8, 4) is 11.4 Å². The average Bonchev–Trinajstić information content (AvgIpc) is 3.18. The third kappa shape index (κ3) is 4.10. The smallest absolute Gasteiger partial charge is 0.258 e. The van der Waals surface area contributed by atoms with E-state index in [1.165, 1.54) is 28.6 Å². The molecule has 0 saturated heterocycles. The zero-order chi connectivity index (χ0) is 20.1. The predicted molar refractivity (Wildman–Crippen MR) is 106 cm³/mol. The lowest BCUT2D eigenvalue weighted by Gasteiger charge is -2.18. The summed E-state index contributed by atoms with van der Waals surface area (Å²) in [5.41, 5.74) is 1.16. The van der Waals surface area contributed by atoms with E-state index in [1.54, 1.807) is 13.8 Å². The van der Waals surface area contributed by atoms with E-state index >= 15 is 0 Å². The molecule has 1 amide bonds. The fourth-order valence-electron chi connectivity index (χ4n) is 2.71. The van der Waals surface area contributed by atoms with Gasteiger partial charge >= 0.3 is 0 Å². The summed E-state index contributed by atoms with van der Waals surface area (Å²) in [5, 5.41) is 9.36. The Morgan fingerprint density at radius 2 is 1.68 bits per heavy atom. The van der Waals surface area contributed by atoms with E-state index in [2.05, 4.69) is 20.5 Å². The number of hydrogen-bond acceptors (Lipinski definition) is 5. The number of anilines is 1. The van der Waals surface area contributed by atoms with Crippen molar-refractivity contribution in [1.29, 1.82) is 0 Å². The van der Waals surface area contributed by atoms with Gasteiger partial charge in [0.15, 0.2) is 5.82 Å². The Hall–Kier alpha value is -3.04. The Labute approximate surface area is 163 Å². The number of rotatable bonds is 7. The summed E-state index contributed by atoms with van der Waals surface area (Å²) >= 11 is 0. The molecule has 3 aromatic rings. The van der Waals surface area contributed by atoms with Gasteiger partial charge in [-0.25, -0.2) is 8.42 Å². The molecule has 0 aliphatic rings. The molecule has 2 N–H and O–H groups in total. The van der Waals surface area contributed by atoms with Crippen molar-refractivity contribution in [2.75, 3.05) is 18.4 Å². The molecule has 146 valence electrons. The van der Waals surface area contributed by atoms with Crippen LogP contribution in [0.25, 0.3) is 11.4 Å². The van der Waals surface area contributed by atoms with Gasteiger partial charge in [0.1, 0.15) is 0 Å². The highest BCUT2D eigenvalue weighted by atomic mass is 32.2. The third-order valence-corrected chi connectivity index (χ3v) is 6.28. The van der Waals surface area contributed by atoms with E-state index in [-0.39, 0.29) is 10.8 Å². The Kier molecular flexibility index (Phi) is 5.86. The van der Waals surface area contributed by atoms with E-state index in [9.17, 15) is 13.2 Å². The first kappa shape index (κ1) is 19.7. The Bertz CT molecular complexity index is 1040. The molecule has 0 fully saturated rings. The van der Waals surface area contributed by atoms with Crippen LogP contribution in [0.4, 0.5) is 5.95 Å². The van der Waals surface area contributed by atoms with Gasteiger partial charge in [0.2, 0.25) is 16.0 Å². The Morgan fingerprint density at radius 3 is 2.29 bits per heavy atom. The number of hydrogen-bond donors (Lipinski definition) is 2. The largest absolute Gasteiger partial charge is 0.289 e. The number of carbonyl (C=O) groups is 1. The maximum atomic E-state index is 12.5. The molecule has 0 saturated carbocycles. The van der Waals surface area contributed by atoms with Gasteiger partial charge in [-0.2, -0.15) is 9.29 Å². The van der Waals surface area contributed by atoms with Gasteiger partial charge < -0.3 is 0 Å². The highest BCUT2D eigenvalue weighted by Crippen LogP contribution is 2.18. The van der Waals surface area contributed by atoms with E-state index in [0.717, 1.165) is 5.56 Å². The van der Waals surface area contributed by atoms with Crippen LogP contribution >= 0.6 is 0 Å². The number of amides is 1. The maximum Gasteiger partial charge on any atom is 0.258 e. The number of nitrogens with zero attached hydrogens (tertiary/aromatic N) is 3. The number of benzene rings is 2. The van der Waals surface area contributed by atoms with E-state index in [0.29, 0.717) is 24.5 Å². The minimum absolute atomic E-state index is 0.142. The molecule has 0 atom stereocenters. The lowest BCUT2D eigenvalue weighted by molar-refractivity contribution is 0.102. The second-order valence-electron chi connectivity index (χ2n) is 5.94. The normalized spacial score (nSPS) is 11.5. The molecule has 28 heavy (non-hydrogen) atoms. The van der Waals surface area contributed by atoms with E-state index < -0.39 is 15.9 Å². The van der Waals surface area contributed by atoms with Crippen molar-refractivity contribution < 1.29 is 13.2 Å². The molecule has 8 nitrogen and oxygen atoms in total. The molecule has 2 aromatic carbocycles. The summed E-state index contributed by atoms with van der Waals surface area (Å²) in [5.74, 6) is 0.255. The van der Waals surface area contributed by atoms with Gasteiger partial charge in [0.25, 0.3) is 5.91 Å². The fraction of sp³-hybridized carbons (Fsp3) is 0.211. The lowest BCUT2D eigenvalue weighted by atomic mass is 10.2. The van der Waals surface area contributed by atoms with Crippen LogP contribution < -0.4 is 5.32 Å². The van der Waals surface area contributed by atoms with Crippen molar-refractivity contribution in [3.05, 3.63) is 60.2 Å². The van der Waals surface area contributed by atoms with Crippen LogP contribution in [0.1, 0.15) is 24.2 Å². The number of sulfonamides is 1. The van der Waals surface area contributed by atoms with Crippen LogP contribution in [0, 0.1) is 0 Å². The molecule has 1 heterocycles. The second kappa shape index (κ2) is 8.32. The molecule has 0 aliphatic heterocycles. The van der Waals surface area contributed by atoms with Crippen molar-refractivity contribution in [2.24, 2.45) is 0 Å². The molecule has 9 heteroatoms. The Balaban J connectivity index is 1.73. The molecule has 3 rings (SSSR count). The molecular formula is C19H21N5O3S. The monoisotopic (exact) mass is 399 g/mol. The first-order valence-corrected chi connectivity index (χ1v) is 10.3. The number of aromatic amines is 1. The van der Waals surface area contributed by atoms with Gasteiger partial charge in [-0.15, -0.1) is 5.10 Å². The van der Waals surface area contributed by atoms with Crippen molar-refractivity contribution in [1.82, 2.24) is 19.5 Å². The topological polar surface area (TPSA) is 108 Å². The van der Waals surface area contributed by atoms with Gasteiger partial charge in [-0.1, -0.05) is 44.2 Å². The number of carbonyl (C=O) groups excluding carboxylic acids is 1. The second-order valence-corrected chi connectivity index (χ2v) is 7.88. The maximum absolute atomic E-state index is 12.5. The summed E-state index contributed by atoms with van der Waals surface area (Å²) in [6.45, 7) is 4.33. The van der Waals surface area contributed by atoms with Crippen LogP contribution in [-0.2, 0) is 10.0 Å². The summed E-state index contributed by atoms with van der Waals surface area (Å²) in [4.78, 5) is 16.8. The molecule has 1 aromatic heterocycles. The average molecular weight is 399 g/mol. The fourth-order valence-corrected chi connectivity index (χ4v) is 4.17. The van der Waals surface area contributed by atoms with Gasteiger partial charge in [-0.05, 0) is 24.3 Å². The highest BCUT2D eigenvalue weighted by Gasteiger charge is 2.21. The van der Waals surface area contributed by atoms with Crippen LogP contribution in [0.15, 0.2) is 59.5 Å². The summed E-state index contributed by atoms with van der Waals surface area (Å²) < 4.78 is 26.4. The molecule has 0 radical (unpaired) electrons. The predicted octanol–water partition coefficient (Wildman–Crippen LogP) is 2.75. The highest BCUT2D eigenvalue weighted by molar-refractivity contribution is 7.89. The van der Waals surface area contributed by atoms with Crippen LogP contribution in [0.2, 0.25) is 0 Å². The molecule has 0 spiro atoms. The molecule has 0 aliphatic carbocycles. The first-order valence-electron chi connectivity index (χ1n) is 8.85. The van der Waals surface area contributed by atoms with Crippen molar-refractivity contribution >= 4 is 21.9 Å².